The lowest BCUT2D eigenvalue weighted by Gasteiger charge is -2.08. The van der Waals surface area contributed by atoms with E-state index < -0.39 is 22.1 Å². The lowest BCUT2D eigenvalue weighted by molar-refractivity contribution is -0.380. The monoisotopic (exact) mass is 435 g/mol. The molecule has 1 N–H and O–H groups in total. The van der Waals surface area contributed by atoms with Gasteiger partial charge in [-0.2, -0.15) is 0 Å². The number of aromatic nitrogens is 4. The van der Waals surface area contributed by atoms with Crippen molar-refractivity contribution >= 4 is 33.5 Å². The standard InChI is InChI=1S/C18H21N5O6S/c1-3-5-9-22-15-14(16(24)20-18(22)26)21(8-4-2)12(19-15)10-29-17(25)11-6-7-13(30-11)23(27)28/h6-7H,3-5,8-10H2,1-2H3,(H,20,24,26). The quantitative estimate of drug-likeness (QED) is 0.309. The van der Waals surface area contributed by atoms with Crippen LogP contribution in [-0.2, 0) is 24.4 Å². The number of rotatable bonds is 9. The highest BCUT2D eigenvalue weighted by molar-refractivity contribution is 7.17. The molecular weight excluding hydrogens is 414 g/mol. The summed E-state index contributed by atoms with van der Waals surface area (Å²) < 4.78 is 8.34. The van der Waals surface area contributed by atoms with E-state index in [1.807, 2.05) is 13.8 Å². The number of aromatic amines is 1. The van der Waals surface area contributed by atoms with Gasteiger partial charge in [-0.3, -0.25) is 24.5 Å². The van der Waals surface area contributed by atoms with E-state index in [2.05, 4.69) is 9.97 Å². The summed E-state index contributed by atoms with van der Waals surface area (Å²) in [4.78, 5) is 54.1. The maximum Gasteiger partial charge on any atom is 0.348 e. The summed E-state index contributed by atoms with van der Waals surface area (Å²) in [6, 6.07) is 2.56. The molecule has 0 aliphatic carbocycles. The Labute approximate surface area is 174 Å². The van der Waals surface area contributed by atoms with Crippen molar-refractivity contribution in [1.82, 2.24) is 19.1 Å². The molecule has 3 heterocycles. The van der Waals surface area contributed by atoms with Crippen LogP contribution in [0.25, 0.3) is 11.2 Å². The van der Waals surface area contributed by atoms with Gasteiger partial charge in [-0.05, 0) is 18.9 Å². The van der Waals surface area contributed by atoms with E-state index >= 15 is 0 Å². The number of hydrogen-bond donors (Lipinski definition) is 1. The molecule has 0 spiro atoms. The van der Waals surface area contributed by atoms with Gasteiger partial charge in [-0.25, -0.2) is 14.6 Å². The molecule has 0 radical (unpaired) electrons. The molecule has 0 aliphatic rings. The number of aryl methyl sites for hydroxylation is 2. The third-order valence-corrected chi connectivity index (χ3v) is 5.47. The van der Waals surface area contributed by atoms with Gasteiger partial charge < -0.3 is 9.30 Å². The maximum atomic E-state index is 12.5. The second kappa shape index (κ2) is 9.03. The predicted octanol–water partition coefficient (Wildman–Crippen LogP) is 2.42. The average molecular weight is 435 g/mol. The Morgan fingerprint density at radius 3 is 2.63 bits per heavy atom. The Morgan fingerprint density at radius 2 is 2.00 bits per heavy atom. The number of carbonyl (C=O) groups is 1. The number of nitro groups is 1. The first-order valence-corrected chi connectivity index (χ1v) is 10.3. The molecule has 12 heteroatoms. The molecule has 0 unspecified atom stereocenters. The predicted molar refractivity (Wildman–Crippen MR) is 110 cm³/mol. The molecule has 0 aromatic carbocycles. The molecule has 160 valence electrons. The van der Waals surface area contributed by atoms with Gasteiger partial charge in [0.25, 0.3) is 5.56 Å². The summed E-state index contributed by atoms with van der Waals surface area (Å²) in [5.74, 6) is -0.395. The Kier molecular flexibility index (Phi) is 6.45. The lowest BCUT2D eigenvalue weighted by atomic mass is 10.3. The van der Waals surface area contributed by atoms with Crippen LogP contribution < -0.4 is 11.2 Å². The minimum Gasteiger partial charge on any atom is -0.453 e. The molecule has 3 rings (SSSR count). The topological polar surface area (TPSA) is 142 Å². The van der Waals surface area contributed by atoms with Gasteiger partial charge in [-0.15, -0.1) is 0 Å². The smallest absolute Gasteiger partial charge is 0.348 e. The molecule has 0 saturated carbocycles. The van der Waals surface area contributed by atoms with Crippen molar-refractivity contribution in [3.8, 4) is 0 Å². The number of thiophene rings is 1. The maximum absolute atomic E-state index is 12.5. The van der Waals surface area contributed by atoms with Crippen LogP contribution in [0, 0.1) is 10.1 Å². The highest BCUT2D eigenvalue weighted by atomic mass is 32.1. The highest BCUT2D eigenvalue weighted by Crippen LogP contribution is 2.25. The number of imidazole rings is 1. The fourth-order valence-electron chi connectivity index (χ4n) is 3.05. The van der Waals surface area contributed by atoms with Crippen LogP contribution >= 0.6 is 11.3 Å². The van der Waals surface area contributed by atoms with Crippen molar-refractivity contribution in [2.45, 2.75) is 52.8 Å². The zero-order valence-corrected chi connectivity index (χ0v) is 17.4. The van der Waals surface area contributed by atoms with Crippen LogP contribution in [0.1, 0.15) is 48.6 Å². The van der Waals surface area contributed by atoms with Crippen molar-refractivity contribution in [3.05, 3.63) is 53.8 Å². The summed E-state index contributed by atoms with van der Waals surface area (Å²) in [6.45, 7) is 4.53. The van der Waals surface area contributed by atoms with Crippen molar-refractivity contribution in [1.29, 1.82) is 0 Å². The number of unbranched alkanes of at least 4 members (excludes halogenated alkanes) is 1. The Morgan fingerprint density at radius 1 is 1.23 bits per heavy atom. The van der Waals surface area contributed by atoms with Gasteiger partial charge in [0.1, 0.15) is 17.3 Å². The van der Waals surface area contributed by atoms with Crippen LogP contribution in [0.3, 0.4) is 0 Å². The molecule has 0 aliphatic heterocycles. The van der Waals surface area contributed by atoms with Crippen molar-refractivity contribution in [2.75, 3.05) is 0 Å². The van der Waals surface area contributed by atoms with Gasteiger partial charge >= 0.3 is 16.7 Å². The highest BCUT2D eigenvalue weighted by Gasteiger charge is 2.21. The summed E-state index contributed by atoms with van der Waals surface area (Å²) in [7, 11) is 0. The fraction of sp³-hybridized carbons (Fsp3) is 0.444. The lowest BCUT2D eigenvalue weighted by Crippen LogP contribution is -2.31. The number of esters is 1. The first-order chi connectivity index (χ1) is 14.4. The number of carbonyl (C=O) groups excluding carboxylic acids is 1. The van der Waals surface area contributed by atoms with E-state index in [0.29, 0.717) is 25.3 Å². The Hall–Kier alpha value is -3.28. The zero-order chi connectivity index (χ0) is 21.8. The van der Waals surface area contributed by atoms with Crippen molar-refractivity contribution in [3.63, 3.8) is 0 Å². The van der Waals surface area contributed by atoms with Crippen molar-refractivity contribution in [2.24, 2.45) is 0 Å². The van der Waals surface area contributed by atoms with Crippen LogP contribution in [-0.4, -0.2) is 30.0 Å². The van der Waals surface area contributed by atoms with Crippen molar-refractivity contribution < 1.29 is 14.5 Å². The first-order valence-electron chi connectivity index (χ1n) is 9.50. The third kappa shape index (κ3) is 4.17. The molecule has 30 heavy (non-hydrogen) atoms. The summed E-state index contributed by atoms with van der Waals surface area (Å²) in [5.41, 5.74) is -0.569. The minimum absolute atomic E-state index is 0.0950. The fourth-order valence-corrected chi connectivity index (χ4v) is 3.77. The van der Waals surface area contributed by atoms with Crippen LogP contribution in [0.2, 0.25) is 0 Å². The molecule has 0 fully saturated rings. The van der Waals surface area contributed by atoms with E-state index in [9.17, 15) is 24.5 Å². The first kappa shape index (κ1) is 21.4. The van der Waals surface area contributed by atoms with Crippen LogP contribution in [0.15, 0.2) is 21.7 Å². The van der Waals surface area contributed by atoms with Gasteiger partial charge in [0.2, 0.25) is 0 Å². The molecule has 3 aromatic heterocycles. The van der Waals surface area contributed by atoms with E-state index in [0.717, 1.165) is 24.2 Å². The molecule has 0 bridgehead atoms. The number of nitrogens with one attached hydrogen (secondary N) is 1. The molecule has 0 saturated heterocycles. The van der Waals surface area contributed by atoms with Gasteiger partial charge in [0.15, 0.2) is 11.2 Å². The third-order valence-electron chi connectivity index (χ3n) is 4.45. The molecule has 11 nitrogen and oxygen atoms in total. The molecular formula is C18H21N5O6S. The normalized spacial score (nSPS) is 11.1. The summed E-state index contributed by atoms with van der Waals surface area (Å²) in [5, 5.41) is 10.6. The zero-order valence-electron chi connectivity index (χ0n) is 16.5. The van der Waals surface area contributed by atoms with E-state index in [1.54, 1.807) is 4.57 Å². The largest absolute Gasteiger partial charge is 0.453 e. The molecule has 0 atom stereocenters. The summed E-state index contributed by atoms with van der Waals surface area (Å²) in [6.07, 6.45) is 2.29. The average Bonchev–Trinajstić information content (AvgIpc) is 3.32. The Balaban J connectivity index is 1.96. The number of nitrogens with zero attached hydrogens (tertiary/aromatic N) is 4. The second-order valence-electron chi connectivity index (χ2n) is 6.59. The number of fused-ring (bicyclic) bond motifs is 1. The SMILES string of the molecule is CCCCn1c(=O)[nH]c(=O)c2c1nc(COC(=O)c1ccc([N+](=O)[O-])s1)n2CCC. The van der Waals surface area contributed by atoms with Gasteiger partial charge in [0.05, 0.1) is 4.92 Å². The summed E-state index contributed by atoms with van der Waals surface area (Å²) >= 11 is 0.718. The van der Waals surface area contributed by atoms with E-state index in [-0.39, 0.29) is 27.6 Å². The Bertz CT molecular complexity index is 1200. The van der Waals surface area contributed by atoms with E-state index in [1.165, 1.54) is 16.7 Å². The van der Waals surface area contributed by atoms with Crippen LogP contribution in [0.4, 0.5) is 5.00 Å². The number of H-pyrrole nitrogens is 1. The molecule has 3 aromatic rings. The van der Waals surface area contributed by atoms with E-state index in [4.69, 9.17) is 4.74 Å². The second-order valence-corrected chi connectivity index (χ2v) is 7.65. The number of ether oxygens (including phenoxy) is 1. The van der Waals surface area contributed by atoms with Gasteiger partial charge in [0, 0.05) is 19.2 Å². The van der Waals surface area contributed by atoms with Gasteiger partial charge in [-0.1, -0.05) is 31.6 Å². The molecule has 0 amide bonds. The minimum atomic E-state index is -0.722. The van der Waals surface area contributed by atoms with Crippen LogP contribution in [0.5, 0.6) is 0 Å². The number of hydrogen-bond acceptors (Lipinski definition) is 8.